The van der Waals surface area contributed by atoms with E-state index < -0.39 is 10.0 Å². The largest absolute Gasteiger partial charge is 0.378 e. The molecule has 2 aromatic rings. The van der Waals surface area contributed by atoms with Crippen molar-refractivity contribution in [1.29, 1.82) is 0 Å². The number of halogens is 1. The molecule has 7 nitrogen and oxygen atoms in total. The molecule has 158 valence electrons. The summed E-state index contributed by atoms with van der Waals surface area (Å²) in [4.78, 5) is 11.5. The molecular weight excluding hydrogens is 412 g/mol. The second-order valence-corrected chi connectivity index (χ2v) is 9.74. The first-order chi connectivity index (χ1) is 13.8. The van der Waals surface area contributed by atoms with Gasteiger partial charge in [0.05, 0.1) is 18.1 Å². The Labute approximate surface area is 177 Å². The third kappa shape index (κ3) is 5.25. The molecule has 0 atom stereocenters. The van der Waals surface area contributed by atoms with Crippen LogP contribution in [-0.4, -0.2) is 61.7 Å². The molecule has 0 bridgehead atoms. The average molecular weight is 439 g/mol. The van der Waals surface area contributed by atoms with Gasteiger partial charge in [-0.2, -0.15) is 4.31 Å². The lowest BCUT2D eigenvalue weighted by Gasteiger charge is -2.35. The Morgan fingerprint density at radius 1 is 1.10 bits per heavy atom. The molecule has 0 aliphatic carbocycles. The minimum atomic E-state index is -3.17. The lowest BCUT2D eigenvalue weighted by atomic mass is 10.0. The number of ether oxygens (including phenoxy) is 1. The van der Waals surface area contributed by atoms with Crippen LogP contribution in [0.4, 0.5) is 5.82 Å². The van der Waals surface area contributed by atoms with Crippen molar-refractivity contribution >= 4 is 27.4 Å². The summed E-state index contributed by atoms with van der Waals surface area (Å²) in [6, 6.07) is 7.73. The number of aryl methyl sites for hydroxylation is 1. The maximum absolute atomic E-state index is 12.2. The van der Waals surface area contributed by atoms with E-state index in [1.165, 1.54) is 0 Å². The Bertz CT molecular complexity index is 943. The van der Waals surface area contributed by atoms with Crippen molar-refractivity contribution in [3.05, 3.63) is 51.9 Å². The third-order valence-electron chi connectivity index (χ3n) is 5.05. The quantitative estimate of drug-likeness (QED) is 0.661. The number of nitrogens with zero attached hydrogens (tertiary/aromatic N) is 4. The van der Waals surface area contributed by atoms with Gasteiger partial charge in [-0.1, -0.05) is 23.7 Å². The van der Waals surface area contributed by atoms with Crippen molar-refractivity contribution in [3.8, 4) is 0 Å². The van der Waals surface area contributed by atoms with Crippen LogP contribution in [0.1, 0.15) is 29.6 Å². The minimum Gasteiger partial charge on any atom is -0.378 e. The second-order valence-electron chi connectivity index (χ2n) is 7.04. The molecular formula is C20H27ClN4O3S. The summed E-state index contributed by atoms with van der Waals surface area (Å²) < 4.78 is 31.3. The Kier molecular flexibility index (Phi) is 7.10. The number of rotatable bonds is 7. The van der Waals surface area contributed by atoms with E-state index in [2.05, 4.69) is 9.88 Å². The van der Waals surface area contributed by atoms with Gasteiger partial charge in [0, 0.05) is 50.3 Å². The van der Waals surface area contributed by atoms with Gasteiger partial charge in [0.1, 0.15) is 11.6 Å². The smallest absolute Gasteiger partial charge is 0.213 e. The first kappa shape index (κ1) is 22.0. The number of piperazine rings is 1. The topological polar surface area (TPSA) is 75.6 Å². The number of anilines is 1. The summed E-state index contributed by atoms with van der Waals surface area (Å²) in [6.07, 6.45) is 0.652. The van der Waals surface area contributed by atoms with Crippen molar-refractivity contribution < 1.29 is 13.2 Å². The molecule has 0 radical (unpaired) electrons. The van der Waals surface area contributed by atoms with Crippen molar-refractivity contribution in [3.63, 3.8) is 0 Å². The standard InChI is InChI=1S/C20H27ClN4O3S/c1-4-29(26,27)25-11-9-24(10-12-25)20-18(13-16-5-7-17(21)8-6-16)19(14-28-3)22-15(2)23-20/h5-8H,4,9-14H2,1-3H3. The molecule has 1 aromatic carbocycles. The highest BCUT2D eigenvalue weighted by Crippen LogP contribution is 2.27. The van der Waals surface area contributed by atoms with E-state index in [4.69, 9.17) is 21.3 Å². The van der Waals surface area contributed by atoms with E-state index in [-0.39, 0.29) is 5.75 Å². The first-order valence-electron chi connectivity index (χ1n) is 9.66. The molecule has 3 rings (SSSR count). The van der Waals surface area contributed by atoms with E-state index in [1.54, 1.807) is 18.3 Å². The fraction of sp³-hybridized carbons (Fsp3) is 0.500. The molecule has 1 aromatic heterocycles. The van der Waals surface area contributed by atoms with Crippen molar-refractivity contribution in [1.82, 2.24) is 14.3 Å². The first-order valence-corrected chi connectivity index (χ1v) is 11.6. The lowest BCUT2D eigenvalue weighted by Crippen LogP contribution is -2.49. The Hall–Kier alpha value is -1.74. The van der Waals surface area contributed by atoms with Gasteiger partial charge in [0.25, 0.3) is 0 Å². The SMILES string of the molecule is CCS(=O)(=O)N1CCN(c2nc(C)nc(COC)c2Cc2ccc(Cl)cc2)CC1. The normalized spacial score (nSPS) is 15.7. The summed E-state index contributed by atoms with van der Waals surface area (Å²) in [7, 11) is -1.52. The predicted molar refractivity (Wildman–Crippen MR) is 115 cm³/mol. The van der Waals surface area contributed by atoms with Crippen molar-refractivity contribution in [2.75, 3.05) is 43.9 Å². The fourth-order valence-electron chi connectivity index (χ4n) is 3.50. The molecule has 0 spiro atoms. The maximum Gasteiger partial charge on any atom is 0.213 e. The summed E-state index contributed by atoms with van der Waals surface area (Å²) in [5.41, 5.74) is 2.97. The van der Waals surface area contributed by atoms with E-state index in [1.807, 2.05) is 31.2 Å². The van der Waals surface area contributed by atoms with E-state index in [0.717, 1.165) is 22.6 Å². The molecule has 1 saturated heterocycles. The molecule has 9 heteroatoms. The van der Waals surface area contributed by atoms with Gasteiger partial charge in [-0.15, -0.1) is 0 Å². The number of methoxy groups -OCH3 is 1. The highest BCUT2D eigenvalue weighted by atomic mass is 35.5. The van der Waals surface area contributed by atoms with Crippen LogP contribution >= 0.6 is 11.6 Å². The fourth-order valence-corrected chi connectivity index (χ4v) is 4.71. The van der Waals surface area contributed by atoms with Crippen molar-refractivity contribution in [2.24, 2.45) is 0 Å². The average Bonchev–Trinajstić information content (AvgIpc) is 2.71. The van der Waals surface area contributed by atoms with Crippen LogP contribution in [0.3, 0.4) is 0 Å². The van der Waals surface area contributed by atoms with Crippen molar-refractivity contribution in [2.45, 2.75) is 26.9 Å². The predicted octanol–water partition coefficient (Wildman–Crippen LogP) is 2.65. The number of benzene rings is 1. The van der Waals surface area contributed by atoms with Gasteiger partial charge in [-0.25, -0.2) is 18.4 Å². The number of hydrogen-bond acceptors (Lipinski definition) is 6. The summed E-state index contributed by atoms with van der Waals surface area (Å²) in [6.45, 7) is 6.04. The van der Waals surface area contributed by atoms with Gasteiger partial charge in [-0.05, 0) is 31.5 Å². The molecule has 2 heterocycles. The number of aromatic nitrogens is 2. The van der Waals surface area contributed by atoms with Gasteiger partial charge >= 0.3 is 0 Å². The Morgan fingerprint density at radius 3 is 2.34 bits per heavy atom. The molecule has 0 N–H and O–H groups in total. The van der Waals surface area contributed by atoms with E-state index in [9.17, 15) is 8.42 Å². The zero-order valence-corrected chi connectivity index (χ0v) is 18.6. The minimum absolute atomic E-state index is 0.124. The van der Waals surface area contributed by atoms with Gasteiger partial charge in [0.2, 0.25) is 10.0 Å². The van der Waals surface area contributed by atoms with Crippen LogP contribution in [0.2, 0.25) is 5.02 Å². The Balaban J connectivity index is 1.92. The molecule has 29 heavy (non-hydrogen) atoms. The lowest BCUT2D eigenvalue weighted by molar-refractivity contribution is 0.180. The second kappa shape index (κ2) is 9.38. The van der Waals surface area contributed by atoms with E-state index in [0.29, 0.717) is 50.1 Å². The summed E-state index contributed by atoms with van der Waals surface area (Å²) in [5, 5.41) is 0.694. The molecule has 1 aliphatic heterocycles. The maximum atomic E-state index is 12.2. The number of hydrogen-bond donors (Lipinski definition) is 0. The third-order valence-corrected chi connectivity index (χ3v) is 7.19. The summed E-state index contributed by atoms with van der Waals surface area (Å²) in [5.74, 6) is 1.66. The van der Waals surface area contributed by atoms with Gasteiger partial charge in [0.15, 0.2) is 0 Å². The molecule has 0 amide bonds. The van der Waals surface area contributed by atoms with Crippen LogP contribution in [0.15, 0.2) is 24.3 Å². The molecule has 0 unspecified atom stereocenters. The molecule has 1 aliphatic rings. The Morgan fingerprint density at radius 2 is 1.76 bits per heavy atom. The molecule has 0 saturated carbocycles. The van der Waals surface area contributed by atoms with Crippen LogP contribution in [0, 0.1) is 6.92 Å². The summed E-state index contributed by atoms with van der Waals surface area (Å²) >= 11 is 6.03. The monoisotopic (exact) mass is 438 g/mol. The highest BCUT2D eigenvalue weighted by molar-refractivity contribution is 7.89. The number of sulfonamides is 1. The van der Waals surface area contributed by atoms with E-state index >= 15 is 0 Å². The zero-order chi connectivity index (χ0) is 21.0. The van der Waals surface area contributed by atoms with Gasteiger partial charge in [-0.3, -0.25) is 0 Å². The van der Waals surface area contributed by atoms with Crippen LogP contribution < -0.4 is 4.90 Å². The van der Waals surface area contributed by atoms with Crippen LogP contribution in [0.5, 0.6) is 0 Å². The van der Waals surface area contributed by atoms with Crippen LogP contribution in [-0.2, 0) is 27.8 Å². The van der Waals surface area contributed by atoms with Crippen LogP contribution in [0.25, 0.3) is 0 Å². The van der Waals surface area contributed by atoms with Gasteiger partial charge < -0.3 is 9.64 Å². The highest BCUT2D eigenvalue weighted by Gasteiger charge is 2.28. The molecule has 1 fully saturated rings. The zero-order valence-electron chi connectivity index (χ0n) is 17.1.